The van der Waals surface area contributed by atoms with Crippen molar-refractivity contribution in [3.8, 4) is 5.75 Å². The quantitative estimate of drug-likeness (QED) is 0.692. The van der Waals surface area contributed by atoms with Gasteiger partial charge in [-0.05, 0) is 18.2 Å². The van der Waals surface area contributed by atoms with E-state index >= 15 is 0 Å². The van der Waals surface area contributed by atoms with Crippen molar-refractivity contribution >= 4 is 6.29 Å². The van der Waals surface area contributed by atoms with E-state index in [2.05, 4.69) is 4.74 Å². The lowest BCUT2D eigenvalue weighted by Gasteiger charge is -2.09. The molecule has 0 aliphatic carbocycles. The summed E-state index contributed by atoms with van der Waals surface area (Å²) in [7, 11) is 1.21. The molecule has 1 rings (SSSR count). The van der Waals surface area contributed by atoms with Gasteiger partial charge in [0.05, 0.1) is 18.2 Å². The zero-order valence-electron chi connectivity index (χ0n) is 7.26. The standard InChI is InChI=1S/C9H7F3O2/c1-14-8-4-7(9(10,11)12)3-2-6(8)5-13/h2-5H,1H3. The van der Waals surface area contributed by atoms with E-state index in [9.17, 15) is 18.0 Å². The number of halogens is 3. The number of hydrogen-bond donors (Lipinski definition) is 0. The van der Waals surface area contributed by atoms with Crippen LogP contribution in [0.4, 0.5) is 13.2 Å². The number of carbonyl (C=O) groups excluding carboxylic acids is 1. The van der Waals surface area contributed by atoms with Crippen LogP contribution in [-0.4, -0.2) is 13.4 Å². The third kappa shape index (κ3) is 2.04. The maximum atomic E-state index is 12.2. The number of alkyl halides is 3. The third-order valence-electron chi connectivity index (χ3n) is 1.69. The molecule has 0 aliphatic heterocycles. The highest BCUT2D eigenvalue weighted by molar-refractivity contribution is 5.79. The smallest absolute Gasteiger partial charge is 0.416 e. The van der Waals surface area contributed by atoms with Crippen molar-refractivity contribution in [2.75, 3.05) is 7.11 Å². The van der Waals surface area contributed by atoms with Gasteiger partial charge in [0.2, 0.25) is 0 Å². The van der Waals surface area contributed by atoms with E-state index in [1.807, 2.05) is 0 Å². The molecule has 0 N–H and O–H groups in total. The number of methoxy groups -OCH3 is 1. The molecule has 0 heterocycles. The molecule has 2 nitrogen and oxygen atoms in total. The average Bonchev–Trinajstić information content (AvgIpc) is 2.15. The fourth-order valence-electron chi connectivity index (χ4n) is 0.985. The fourth-order valence-corrected chi connectivity index (χ4v) is 0.985. The molecule has 0 aromatic heterocycles. The molecule has 0 spiro atoms. The molecule has 0 saturated heterocycles. The lowest BCUT2D eigenvalue weighted by molar-refractivity contribution is -0.137. The van der Waals surface area contributed by atoms with Crippen molar-refractivity contribution in [1.29, 1.82) is 0 Å². The second-order valence-electron chi connectivity index (χ2n) is 2.57. The van der Waals surface area contributed by atoms with Crippen molar-refractivity contribution in [1.82, 2.24) is 0 Å². The number of carbonyl (C=O) groups is 1. The molecule has 1 aromatic carbocycles. The van der Waals surface area contributed by atoms with Crippen molar-refractivity contribution < 1.29 is 22.7 Å². The van der Waals surface area contributed by atoms with Gasteiger partial charge in [-0.25, -0.2) is 0 Å². The van der Waals surface area contributed by atoms with Crippen LogP contribution in [0.25, 0.3) is 0 Å². The van der Waals surface area contributed by atoms with E-state index in [-0.39, 0.29) is 11.3 Å². The van der Waals surface area contributed by atoms with Crippen LogP contribution < -0.4 is 4.74 Å². The SMILES string of the molecule is COc1cc(C(F)(F)F)ccc1C=O. The van der Waals surface area contributed by atoms with E-state index in [1.165, 1.54) is 7.11 Å². The first-order chi connectivity index (χ1) is 6.49. The summed E-state index contributed by atoms with van der Waals surface area (Å²) in [5.74, 6) is -0.0742. The van der Waals surface area contributed by atoms with Gasteiger partial charge < -0.3 is 4.74 Å². The molecule has 1 aromatic rings. The molecule has 0 saturated carbocycles. The minimum Gasteiger partial charge on any atom is -0.496 e. The van der Waals surface area contributed by atoms with Gasteiger partial charge in [-0.2, -0.15) is 13.2 Å². The Balaban J connectivity index is 3.21. The Hall–Kier alpha value is -1.52. The van der Waals surface area contributed by atoms with Crippen molar-refractivity contribution in [2.45, 2.75) is 6.18 Å². The Morgan fingerprint density at radius 1 is 1.36 bits per heavy atom. The van der Waals surface area contributed by atoms with E-state index in [1.54, 1.807) is 0 Å². The summed E-state index contributed by atoms with van der Waals surface area (Å²) in [5, 5.41) is 0. The average molecular weight is 204 g/mol. The maximum absolute atomic E-state index is 12.2. The van der Waals surface area contributed by atoms with Crippen molar-refractivity contribution in [2.24, 2.45) is 0 Å². The highest BCUT2D eigenvalue weighted by Crippen LogP contribution is 2.32. The van der Waals surface area contributed by atoms with Crippen LogP contribution >= 0.6 is 0 Å². The predicted molar refractivity (Wildman–Crippen MR) is 43.4 cm³/mol. The molecule has 0 amide bonds. The summed E-state index contributed by atoms with van der Waals surface area (Å²) in [6.07, 6.45) is -3.98. The Kier molecular flexibility index (Phi) is 2.78. The number of rotatable bonds is 2. The van der Waals surface area contributed by atoms with E-state index < -0.39 is 11.7 Å². The van der Waals surface area contributed by atoms with Crippen LogP contribution in [0.1, 0.15) is 15.9 Å². The van der Waals surface area contributed by atoms with Crippen molar-refractivity contribution in [3.63, 3.8) is 0 Å². The molecule has 0 aliphatic rings. The summed E-state index contributed by atoms with van der Waals surface area (Å²) in [4.78, 5) is 10.4. The number of aldehydes is 1. The third-order valence-corrected chi connectivity index (χ3v) is 1.69. The van der Waals surface area contributed by atoms with Gasteiger partial charge in [-0.3, -0.25) is 4.79 Å². The molecular formula is C9H7F3O2. The number of benzene rings is 1. The Morgan fingerprint density at radius 2 is 2.00 bits per heavy atom. The fraction of sp³-hybridized carbons (Fsp3) is 0.222. The molecule has 0 bridgehead atoms. The number of hydrogen-bond acceptors (Lipinski definition) is 2. The zero-order valence-corrected chi connectivity index (χ0v) is 7.26. The predicted octanol–water partition coefficient (Wildman–Crippen LogP) is 2.53. The second kappa shape index (κ2) is 3.69. The summed E-state index contributed by atoms with van der Waals surface area (Å²) in [6.45, 7) is 0. The maximum Gasteiger partial charge on any atom is 0.416 e. The van der Waals surface area contributed by atoms with Crippen molar-refractivity contribution in [3.05, 3.63) is 29.3 Å². The van der Waals surface area contributed by atoms with Gasteiger partial charge in [0, 0.05) is 0 Å². The van der Waals surface area contributed by atoms with Crippen LogP contribution in [0.15, 0.2) is 18.2 Å². The van der Waals surface area contributed by atoms with Crippen LogP contribution in [0.2, 0.25) is 0 Å². The lowest BCUT2D eigenvalue weighted by Crippen LogP contribution is -2.05. The van der Waals surface area contributed by atoms with Gasteiger partial charge in [0.25, 0.3) is 0 Å². The summed E-state index contributed by atoms with van der Waals surface area (Å²) in [6, 6.07) is 2.71. The minimum absolute atomic E-state index is 0.0742. The molecule has 76 valence electrons. The highest BCUT2D eigenvalue weighted by atomic mass is 19.4. The molecular weight excluding hydrogens is 197 g/mol. The second-order valence-corrected chi connectivity index (χ2v) is 2.57. The van der Waals surface area contributed by atoms with Crippen LogP contribution in [0.5, 0.6) is 5.75 Å². The summed E-state index contributed by atoms with van der Waals surface area (Å²) >= 11 is 0. The first kappa shape index (κ1) is 10.6. The van der Waals surface area contributed by atoms with E-state index in [4.69, 9.17) is 0 Å². The van der Waals surface area contributed by atoms with Crippen LogP contribution in [0.3, 0.4) is 0 Å². The van der Waals surface area contributed by atoms with Crippen LogP contribution in [-0.2, 0) is 6.18 Å². The van der Waals surface area contributed by atoms with Gasteiger partial charge in [-0.1, -0.05) is 0 Å². The molecule has 0 fully saturated rings. The molecule has 0 atom stereocenters. The first-order valence-corrected chi connectivity index (χ1v) is 3.69. The molecule has 0 radical (unpaired) electrons. The van der Waals surface area contributed by atoms with Gasteiger partial charge in [0.1, 0.15) is 5.75 Å². The Bertz CT molecular complexity index is 344. The normalized spacial score (nSPS) is 11.1. The molecule has 0 unspecified atom stereocenters. The largest absolute Gasteiger partial charge is 0.496 e. The molecule has 14 heavy (non-hydrogen) atoms. The highest BCUT2D eigenvalue weighted by Gasteiger charge is 2.31. The van der Waals surface area contributed by atoms with Gasteiger partial charge in [0.15, 0.2) is 6.29 Å². The van der Waals surface area contributed by atoms with E-state index in [0.29, 0.717) is 6.29 Å². The summed E-state index contributed by atoms with van der Waals surface area (Å²) in [5.41, 5.74) is -0.736. The monoisotopic (exact) mass is 204 g/mol. The lowest BCUT2D eigenvalue weighted by atomic mass is 10.1. The van der Waals surface area contributed by atoms with E-state index in [0.717, 1.165) is 18.2 Å². The summed E-state index contributed by atoms with van der Waals surface area (Å²) < 4.78 is 41.2. The van der Waals surface area contributed by atoms with Gasteiger partial charge in [-0.15, -0.1) is 0 Å². The van der Waals surface area contributed by atoms with Crippen LogP contribution in [0, 0.1) is 0 Å². The Labute approximate surface area is 78.3 Å². The van der Waals surface area contributed by atoms with Gasteiger partial charge >= 0.3 is 6.18 Å². The topological polar surface area (TPSA) is 26.3 Å². The molecule has 5 heteroatoms. The first-order valence-electron chi connectivity index (χ1n) is 3.69. The Morgan fingerprint density at radius 3 is 2.43 bits per heavy atom. The number of ether oxygens (including phenoxy) is 1. The minimum atomic E-state index is -4.42. The zero-order chi connectivity index (χ0) is 10.8.